The number of hydrogen-bond donors (Lipinski definition) is 0. The molecule has 0 amide bonds. The number of ketones is 1. The van der Waals surface area contributed by atoms with Crippen LogP contribution in [0.15, 0.2) is 47.4 Å². The summed E-state index contributed by atoms with van der Waals surface area (Å²) in [5, 5.41) is 0. The Morgan fingerprint density at radius 2 is 1.69 bits per heavy atom. The number of methoxy groups -OCH3 is 2. The lowest BCUT2D eigenvalue weighted by Gasteiger charge is -2.30. The Balaban J connectivity index is 1.52. The molecule has 1 saturated heterocycles. The first-order chi connectivity index (χ1) is 15.3. The third kappa shape index (κ3) is 5.25. The highest BCUT2D eigenvalue weighted by Crippen LogP contribution is 2.26. The molecule has 1 aliphatic rings. The van der Waals surface area contributed by atoms with E-state index in [1.54, 1.807) is 12.1 Å². The van der Waals surface area contributed by atoms with Crippen LogP contribution in [0.1, 0.15) is 23.2 Å². The van der Waals surface area contributed by atoms with E-state index in [-0.39, 0.29) is 42.1 Å². The molecule has 0 spiro atoms. The summed E-state index contributed by atoms with van der Waals surface area (Å²) in [7, 11) is -0.871. The van der Waals surface area contributed by atoms with Crippen molar-refractivity contribution in [2.45, 2.75) is 17.7 Å². The first kappa shape index (κ1) is 23.7. The summed E-state index contributed by atoms with van der Waals surface area (Å²) in [6.07, 6.45) is 0.555. The summed E-state index contributed by atoms with van der Waals surface area (Å²) in [5.41, 5.74) is 0.0662. The van der Waals surface area contributed by atoms with E-state index in [1.165, 1.54) is 42.8 Å². The van der Waals surface area contributed by atoms with Gasteiger partial charge < -0.3 is 14.2 Å². The number of sulfonamides is 1. The minimum Gasteiger partial charge on any atom is -0.497 e. The minimum atomic E-state index is -3.68. The second-order valence-electron chi connectivity index (χ2n) is 7.23. The van der Waals surface area contributed by atoms with Gasteiger partial charge in [0.2, 0.25) is 10.0 Å². The largest absolute Gasteiger partial charge is 0.497 e. The summed E-state index contributed by atoms with van der Waals surface area (Å²) in [5.74, 6) is -1.76. The van der Waals surface area contributed by atoms with Crippen molar-refractivity contribution in [2.75, 3.05) is 33.9 Å². The number of carbonyl (C=O) groups is 2. The molecule has 0 aromatic heterocycles. The molecule has 8 nitrogen and oxygen atoms in total. The van der Waals surface area contributed by atoms with Gasteiger partial charge in [0.1, 0.15) is 5.75 Å². The van der Waals surface area contributed by atoms with Crippen LogP contribution < -0.4 is 9.47 Å². The molecule has 2 aromatic carbocycles. The van der Waals surface area contributed by atoms with Crippen LogP contribution in [0.2, 0.25) is 0 Å². The van der Waals surface area contributed by atoms with Gasteiger partial charge in [0.05, 0.1) is 25.0 Å². The number of Topliss-reactive ketones (excluding diaryl/α,β-unsaturated/α-hetero) is 1. The van der Waals surface area contributed by atoms with Crippen LogP contribution >= 0.6 is 0 Å². The maximum atomic E-state index is 13.7. The number of halogens is 1. The van der Waals surface area contributed by atoms with Crippen LogP contribution in [0, 0.1) is 11.7 Å². The summed E-state index contributed by atoms with van der Waals surface area (Å²) < 4.78 is 55.6. The van der Waals surface area contributed by atoms with Gasteiger partial charge in [-0.05, 0) is 55.3 Å². The van der Waals surface area contributed by atoms with E-state index in [0.717, 1.165) is 6.07 Å². The van der Waals surface area contributed by atoms with Gasteiger partial charge in [-0.2, -0.15) is 4.31 Å². The topological polar surface area (TPSA) is 99.2 Å². The molecular formula is C22H24FNO7S. The zero-order valence-electron chi connectivity index (χ0n) is 17.7. The number of hydrogen-bond acceptors (Lipinski definition) is 7. The number of ether oxygens (including phenoxy) is 3. The standard InChI is InChI=1S/C22H24FNO7S/c1-29-17-4-6-18(7-5-17)32(27,28)24-11-9-15(10-12-24)22(26)31-14-20(25)16-3-8-21(30-2)19(23)13-16/h3-8,13,15H,9-12,14H2,1-2H3. The molecule has 0 N–H and O–H groups in total. The summed E-state index contributed by atoms with van der Waals surface area (Å²) in [4.78, 5) is 24.7. The second kappa shape index (κ2) is 10.1. The number of esters is 1. The quantitative estimate of drug-likeness (QED) is 0.437. The van der Waals surface area contributed by atoms with Gasteiger partial charge >= 0.3 is 5.97 Å². The molecule has 172 valence electrons. The summed E-state index contributed by atoms with van der Waals surface area (Å²) in [6.45, 7) is -0.202. The van der Waals surface area contributed by atoms with Crippen molar-refractivity contribution < 1.29 is 36.6 Å². The average molecular weight is 465 g/mol. The van der Waals surface area contributed by atoms with Crippen LogP contribution in [-0.4, -0.2) is 58.4 Å². The zero-order chi connectivity index (χ0) is 23.3. The Hall–Kier alpha value is -2.98. The lowest BCUT2D eigenvalue weighted by atomic mass is 9.98. The Labute approximate surface area is 185 Å². The molecule has 0 atom stereocenters. The van der Waals surface area contributed by atoms with E-state index in [2.05, 4.69) is 0 Å². The van der Waals surface area contributed by atoms with Crippen molar-refractivity contribution in [3.05, 3.63) is 53.8 Å². The SMILES string of the molecule is COc1ccc(S(=O)(=O)N2CCC(C(=O)OCC(=O)c3ccc(OC)c(F)c3)CC2)cc1. The molecule has 10 heteroatoms. The van der Waals surface area contributed by atoms with Crippen LogP contribution in [0.3, 0.4) is 0 Å². The van der Waals surface area contributed by atoms with Crippen molar-refractivity contribution in [3.63, 3.8) is 0 Å². The minimum absolute atomic E-state index is 0.00916. The molecule has 0 radical (unpaired) electrons. The van der Waals surface area contributed by atoms with Crippen LogP contribution in [-0.2, 0) is 19.6 Å². The van der Waals surface area contributed by atoms with Crippen molar-refractivity contribution in [1.29, 1.82) is 0 Å². The first-order valence-corrected chi connectivity index (χ1v) is 11.4. The van der Waals surface area contributed by atoms with Crippen molar-refractivity contribution in [2.24, 2.45) is 5.92 Å². The highest BCUT2D eigenvalue weighted by Gasteiger charge is 2.33. The van der Waals surface area contributed by atoms with Gasteiger partial charge in [0.15, 0.2) is 24.0 Å². The van der Waals surface area contributed by atoms with E-state index >= 15 is 0 Å². The molecule has 0 bridgehead atoms. The number of rotatable bonds is 8. The van der Waals surface area contributed by atoms with Crippen LogP contribution in [0.5, 0.6) is 11.5 Å². The molecule has 32 heavy (non-hydrogen) atoms. The lowest BCUT2D eigenvalue weighted by molar-refractivity contribution is -0.148. The molecule has 0 unspecified atom stereocenters. The van der Waals surface area contributed by atoms with E-state index in [4.69, 9.17) is 14.2 Å². The molecule has 0 aliphatic carbocycles. The van der Waals surface area contributed by atoms with E-state index in [9.17, 15) is 22.4 Å². The lowest BCUT2D eigenvalue weighted by Crippen LogP contribution is -2.40. The van der Waals surface area contributed by atoms with Crippen LogP contribution in [0.25, 0.3) is 0 Å². The fraction of sp³-hybridized carbons (Fsp3) is 0.364. The number of piperidine rings is 1. The van der Waals surface area contributed by atoms with Crippen molar-refractivity contribution in [1.82, 2.24) is 4.31 Å². The normalized spacial score (nSPS) is 15.2. The predicted octanol–water partition coefficient (Wildman–Crippen LogP) is 2.67. The van der Waals surface area contributed by atoms with Crippen LogP contribution in [0.4, 0.5) is 4.39 Å². The third-order valence-electron chi connectivity index (χ3n) is 5.30. The smallest absolute Gasteiger partial charge is 0.309 e. The Morgan fingerprint density at radius 1 is 1.03 bits per heavy atom. The zero-order valence-corrected chi connectivity index (χ0v) is 18.6. The fourth-order valence-corrected chi connectivity index (χ4v) is 4.88. The van der Waals surface area contributed by atoms with E-state index < -0.39 is 40.1 Å². The van der Waals surface area contributed by atoms with Gasteiger partial charge in [-0.3, -0.25) is 9.59 Å². The molecule has 2 aromatic rings. The highest BCUT2D eigenvalue weighted by atomic mass is 32.2. The molecule has 1 aliphatic heterocycles. The van der Waals surface area contributed by atoms with Gasteiger partial charge in [0, 0.05) is 18.7 Å². The first-order valence-electron chi connectivity index (χ1n) is 9.94. The number of carbonyl (C=O) groups excluding carboxylic acids is 2. The summed E-state index contributed by atoms with van der Waals surface area (Å²) >= 11 is 0. The monoisotopic (exact) mass is 465 g/mol. The number of nitrogens with zero attached hydrogens (tertiary/aromatic N) is 1. The molecule has 0 saturated carbocycles. The molecule has 1 heterocycles. The van der Waals surface area contributed by atoms with Crippen molar-refractivity contribution in [3.8, 4) is 11.5 Å². The average Bonchev–Trinajstić information content (AvgIpc) is 2.82. The number of benzene rings is 2. The van der Waals surface area contributed by atoms with Crippen molar-refractivity contribution >= 4 is 21.8 Å². The van der Waals surface area contributed by atoms with E-state index in [1.807, 2.05) is 0 Å². The van der Waals surface area contributed by atoms with Gasteiger partial charge in [-0.15, -0.1) is 0 Å². The molecular weight excluding hydrogens is 441 g/mol. The molecule has 3 rings (SSSR count). The Kier molecular flexibility index (Phi) is 7.47. The predicted molar refractivity (Wildman–Crippen MR) is 113 cm³/mol. The maximum Gasteiger partial charge on any atom is 0.309 e. The maximum absolute atomic E-state index is 13.7. The third-order valence-corrected chi connectivity index (χ3v) is 7.22. The Morgan fingerprint density at radius 3 is 2.25 bits per heavy atom. The second-order valence-corrected chi connectivity index (χ2v) is 9.17. The van der Waals surface area contributed by atoms with E-state index in [0.29, 0.717) is 5.75 Å². The van der Waals surface area contributed by atoms with Gasteiger partial charge in [-0.25, -0.2) is 12.8 Å². The Bertz CT molecular complexity index is 1080. The van der Waals surface area contributed by atoms with Gasteiger partial charge in [0.25, 0.3) is 0 Å². The fourth-order valence-electron chi connectivity index (χ4n) is 3.41. The van der Waals surface area contributed by atoms with Gasteiger partial charge in [-0.1, -0.05) is 0 Å². The molecule has 1 fully saturated rings. The summed E-state index contributed by atoms with van der Waals surface area (Å²) in [6, 6.07) is 9.83. The highest BCUT2D eigenvalue weighted by molar-refractivity contribution is 7.89.